The van der Waals surface area contributed by atoms with Crippen LogP contribution in [0.5, 0.6) is 0 Å². The molecular formula is C31H35FN4O2. The van der Waals surface area contributed by atoms with Crippen LogP contribution in [0.3, 0.4) is 0 Å². The van der Waals surface area contributed by atoms with Gasteiger partial charge < -0.3 is 20.1 Å². The molecule has 0 atom stereocenters. The third kappa shape index (κ3) is 6.79. The average Bonchev–Trinajstić information content (AvgIpc) is 3.32. The van der Waals surface area contributed by atoms with Gasteiger partial charge in [0, 0.05) is 42.4 Å². The molecule has 2 N–H and O–H groups in total. The van der Waals surface area contributed by atoms with Gasteiger partial charge in [0.1, 0.15) is 12.4 Å². The van der Waals surface area contributed by atoms with Gasteiger partial charge in [-0.05, 0) is 67.6 Å². The lowest BCUT2D eigenvalue weighted by Crippen LogP contribution is -2.45. The van der Waals surface area contributed by atoms with Gasteiger partial charge in [-0.1, -0.05) is 55.0 Å². The Morgan fingerprint density at radius 1 is 0.947 bits per heavy atom. The Balaban J connectivity index is 1.50. The third-order valence-corrected chi connectivity index (χ3v) is 6.70. The standard InChI is InChI=1S/C31H35FN4O2/c1-4-16-36(31(38)34-28-14-9-22(2)18-23(28)3)21-30(37)35(20-24-10-12-26(32)13-11-24)17-15-25-19-33-29-8-6-5-7-27(25)29/h5-14,18-19,33H,4,15-17,20-21H2,1-3H3,(H,34,38). The molecule has 0 saturated carbocycles. The van der Waals surface area contributed by atoms with E-state index in [2.05, 4.69) is 16.4 Å². The molecule has 0 aliphatic carbocycles. The minimum Gasteiger partial charge on any atom is -0.361 e. The van der Waals surface area contributed by atoms with E-state index in [9.17, 15) is 14.0 Å². The zero-order valence-corrected chi connectivity index (χ0v) is 22.3. The second kappa shape index (κ2) is 12.4. The topological polar surface area (TPSA) is 68.4 Å². The first-order valence-electron chi connectivity index (χ1n) is 13.0. The van der Waals surface area contributed by atoms with Crippen molar-refractivity contribution in [2.45, 2.75) is 40.2 Å². The summed E-state index contributed by atoms with van der Waals surface area (Å²) >= 11 is 0. The number of para-hydroxylation sites is 1. The number of halogens is 1. The van der Waals surface area contributed by atoms with Crippen molar-refractivity contribution in [2.24, 2.45) is 0 Å². The highest BCUT2D eigenvalue weighted by atomic mass is 19.1. The van der Waals surface area contributed by atoms with Crippen molar-refractivity contribution in [3.8, 4) is 0 Å². The normalized spacial score (nSPS) is 10.9. The number of benzene rings is 3. The Kier molecular flexibility index (Phi) is 8.79. The van der Waals surface area contributed by atoms with E-state index in [1.165, 1.54) is 12.1 Å². The number of nitrogens with zero attached hydrogens (tertiary/aromatic N) is 2. The van der Waals surface area contributed by atoms with Crippen LogP contribution in [0.4, 0.5) is 14.9 Å². The van der Waals surface area contributed by atoms with Gasteiger partial charge in [-0.25, -0.2) is 9.18 Å². The van der Waals surface area contributed by atoms with E-state index in [4.69, 9.17) is 0 Å². The van der Waals surface area contributed by atoms with Crippen molar-refractivity contribution in [3.05, 3.63) is 101 Å². The third-order valence-electron chi connectivity index (χ3n) is 6.70. The zero-order valence-electron chi connectivity index (χ0n) is 22.3. The van der Waals surface area contributed by atoms with E-state index in [-0.39, 0.29) is 24.3 Å². The Morgan fingerprint density at radius 2 is 1.71 bits per heavy atom. The van der Waals surface area contributed by atoms with Gasteiger partial charge in [-0.15, -0.1) is 0 Å². The molecule has 38 heavy (non-hydrogen) atoms. The van der Waals surface area contributed by atoms with Gasteiger partial charge in [0.25, 0.3) is 0 Å². The molecule has 0 saturated heterocycles. The van der Waals surface area contributed by atoms with Gasteiger partial charge >= 0.3 is 6.03 Å². The molecule has 0 bridgehead atoms. The van der Waals surface area contributed by atoms with Crippen molar-refractivity contribution < 1.29 is 14.0 Å². The molecule has 0 aliphatic rings. The lowest BCUT2D eigenvalue weighted by atomic mass is 10.1. The predicted molar refractivity (Wildman–Crippen MR) is 151 cm³/mol. The second-order valence-corrected chi connectivity index (χ2v) is 9.72. The number of aromatic amines is 1. The van der Waals surface area contributed by atoms with Crippen LogP contribution < -0.4 is 5.32 Å². The van der Waals surface area contributed by atoms with E-state index in [1.807, 2.05) is 63.4 Å². The molecule has 0 unspecified atom stereocenters. The smallest absolute Gasteiger partial charge is 0.322 e. The molecule has 1 aromatic heterocycles. The molecule has 198 valence electrons. The van der Waals surface area contributed by atoms with Gasteiger partial charge in [0.05, 0.1) is 0 Å². The summed E-state index contributed by atoms with van der Waals surface area (Å²) in [6, 6.07) is 19.8. The Labute approximate surface area is 223 Å². The molecule has 6 nitrogen and oxygen atoms in total. The minimum atomic E-state index is -0.317. The second-order valence-electron chi connectivity index (χ2n) is 9.72. The molecule has 3 aromatic carbocycles. The molecule has 4 aromatic rings. The highest BCUT2D eigenvalue weighted by Gasteiger charge is 2.22. The quantitative estimate of drug-likeness (QED) is 0.256. The van der Waals surface area contributed by atoms with E-state index in [0.29, 0.717) is 26.1 Å². The maximum absolute atomic E-state index is 13.6. The number of anilines is 1. The summed E-state index contributed by atoms with van der Waals surface area (Å²) in [4.78, 5) is 33.4. The number of hydrogen-bond acceptors (Lipinski definition) is 2. The van der Waals surface area contributed by atoms with E-state index < -0.39 is 0 Å². The maximum atomic E-state index is 13.6. The molecule has 0 radical (unpaired) electrons. The van der Waals surface area contributed by atoms with Crippen LogP contribution >= 0.6 is 0 Å². The number of urea groups is 1. The maximum Gasteiger partial charge on any atom is 0.322 e. The monoisotopic (exact) mass is 514 g/mol. The molecule has 0 spiro atoms. The molecule has 0 aliphatic heterocycles. The lowest BCUT2D eigenvalue weighted by Gasteiger charge is -2.28. The van der Waals surface area contributed by atoms with Crippen molar-refractivity contribution in [1.82, 2.24) is 14.8 Å². The van der Waals surface area contributed by atoms with Crippen LogP contribution in [0.2, 0.25) is 0 Å². The number of nitrogens with one attached hydrogen (secondary N) is 2. The fourth-order valence-electron chi connectivity index (χ4n) is 4.63. The van der Waals surface area contributed by atoms with Crippen molar-refractivity contribution in [3.63, 3.8) is 0 Å². The lowest BCUT2D eigenvalue weighted by molar-refractivity contribution is -0.132. The first-order chi connectivity index (χ1) is 18.3. The van der Waals surface area contributed by atoms with E-state index >= 15 is 0 Å². The van der Waals surface area contributed by atoms with Gasteiger partial charge in [-0.3, -0.25) is 4.79 Å². The number of aryl methyl sites for hydroxylation is 2. The SMILES string of the molecule is CCCN(CC(=O)N(CCc1c[nH]c2ccccc12)Cc1ccc(F)cc1)C(=O)Nc1ccc(C)cc1C. The highest BCUT2D eigenvalue weighted by molar-refractivity contribution is 5.93. The number of aromatic nitrogens is 1. The molecule has 7 heteroatoms. The number of rotatable bonds is 10. The zero-order chi connectivity index (χ0) is 27.1. The first-order valence-corrected chi connectivity index (χ1v) is 13.0. The highest BCUT2D eigenvalue weighted by Crippen LogP contribution is 2.20. The number of fused-ring (bicyclic) bond motifs is 1. The number of amides is 3. The molecule has 4 rings (SSSR count). The van der Waals surface area contributed by atoms with Crippen LogP contribution in [-0.4, -0.2) is 46.4 Å². The largest absolute Gasteiger partial charge is 0.361 e. The van der Waals surface area contributed by atoms with E-state index in [0.717, 1.165) is 45.3 Å². The van der Waals surface area contributed by atoms with Gasteiger partial charge in [0.15, 0.2) is 0 Å². The fraction of sp³-hybridized carbons (Fsp3) is 0.290. The summed E-state index contributed by atoms with van der Waals surface area (Å²) in [5.74, 6) is -0.471. The number of H-pyrrole nitrogens is 1. The van der Waals surface area contributed by atoms with Crippen LogP contribution in [0.1, 0.15) is 35.6 Å². The van der Waals surface area contributed by atoms with Gasteiger partial charge in [-0.2, -0.15) is 0 Å². The summed E-state index contributed by atoms with van der Waals surface area (Å²) in [6.07, 6.45) is 3.35. The fourth-order valence-corrected chi connectivity index (χ4v) is 4.63. The van der Waals surface area contributed by atoms with E-state index in [1.54, 1.807) is 21.9 Å². The Bertz CT molecular complexity index is 1400. The number of carbonyl (C=O) groups excluding carboxylic acids is 2. The van der Waals surface area contributed by atoms with Crippen LogP contribution in [0.15, 0.2) is 72.9 Å². The Morgan fingerprint density at radius 3 is 2.45 bits per heavy atom. The Hall–Kier alpha value is -4.13. The van der Waals surface area contributed by atoms with Gasteiger partial charge in [0.2, 0.25) is 5.91 Å². The number of hydrogen-bond donors (Lipinski definition) is 2. The summed E-state index contributed by atoms with van der Waals surface area (Å²) < 4.78 is 13.5. The van der Waals surface area contributed by atoms with Crippen molar-refractivity contribution in [2.75, 3.05) is 25.0 Å². The summed E-state index contributed by atoms with van der Waals surface area (Å²) in [6.45, 7) is 7.15. The predicted octanol–water partition coefficient (Wildman–Crippen LogP) is 6.44. The van der Waals surface area contributed by atoms with Crippen molar-refractivity contribution in [1.29, 1.82) is 0 Å². The number of carbonyl (C=O) groups is 2. The average molecular weight is 515 g/mol. The molecular weight excluding hydrogens is 479 g/mol. The van der Waals surface area contributed by atoms with Crippen LogP contribution in [-0.2, 0) is 17.8 Å². The van der Waals surface area contributed by atoms with Crippen molar-refractivity contribution >= 4 is 28.5 Å². The summed E-state index contributed by atoms with van der Waals surface area (Å²) in [5.41, 5.74) is 5.83. The molecule has 3 amide bonds. The summed E-state index contributed by atoms with van der Waals surface area (Å²) in [7, 11) is 0. The van der Waals surface area contributed by atoms with Crippen LogP contribution in [0, 0.1) is 19.7 Å². The minimum absolute atomic E-state index is 0.0420. The molecule has 1 heterocycles. The van der Waals surface area contributed by atoms with Crippen LogP contribution in [0.25, 0.3) is 10.9 Å². The first kappa shape index (κ1) is 26.9. The summed E-state index contributed by atoms with van der Waals surface area (Å²) in [5, 5.41) is 4.09. The molecule has 0 fully saturated rings.